The number of amides is 1. The van der Waals surface area contributed by atoms with Crippen molar-refractivity contribution in [2.24, 2.45) is 0 Å². The van der Waals surface area contributed by atoms with Crippen LogP contribution in [0.25, 0.3) is 0 Å². The van der Waals surface area contributed by atoms with Crippen LogP contribution in [0.3, 0.4) is 0 Å². The van der Waals surface area contributed by atoms with Crippen LogP contribution in [0.4, 0.5) is 5.69 Å². The van der Waals surface area contributed by atoms with E-state index in [0.29, 0.717) is 35.8 Å². The molecule has 3 rings (SSSR count). The number of carbonyl (C=O) groups is 1. The molecule has 1 N–H and O–H groups in total. The van der Waals surface area contributed by atoms with E-state index in [9.17, 15) is 13.2 Å². The molecule has 1 saturated heterocycles. The fraction of sp³-hybridized carbons (Fsp3) is 0.235. The molecular weight excluding hydrogens is 348 g/mol. The summed E-state index contributed by atoms with van der Waals surface area (Å²) >= 11 is 6.06. The highest BCUT2D eigenvalue weighted by Crippen LogP contribution is 2.24. The molecule has 24 heavy (non-hydrogen) atoms. The molecule has 7 heteroatoms. The van der Waals surface area contributed by atoms with Crippen LogP contribution in [0.15, 0.2) is 48.5 Å². The molecular formula is C17H17ClN2O3S. The third-order valence-electron chi connectivity index (χ3n) is 3.91. The largest absolute Gasteiger partial charge is 0.348 e. The summed E-state index contributed by atoms with van der Waals surface area (Å²) in [5.41, 5.74) is 1.91. The van der Waals surface area contributed by atoms with E-state index >= 15 is 0 Å². The highest BCUT2D eigenvalue weighted by molar-refractivity contribution is 7.93. The lowest BCUT2D eigenvalue weighted by Gasteiger charge is -2.17. The molecule has 126 valence electrons. The first-order valence-electron chi connectivity index (χ1n) is 7.59. The Hall–Kier alpha value is -2.05. The van der Waals surface area contributed by atoms with Crippen molar-refractivity contribution in [2.45, 2.75) is 13.0 Å². The SMILES string of the molecule is O=C(NCc1ccccc1Cl)c1ccc(N2CCCS2(=O)=O)cc1. The number of sulfonamides is 1. The second-order valence-electron chi connectivity index (χ2n) is 5.56. The average Bonchev–Trinajstić information content (AvgIpc) is 2.93. The molecule has 0 radical (unpaired) electrons. The minimum absolute atomic E-state index is 0.174. The smallest absolute Gasteiger partial charge is 0.251 e. The molecule has 1 aliphatic rings. The van der Waals surface area contributed by atoms with Crippen LogP contribution in [0.5, 0.6) is 0 Å². The summed E-state index contributed by atoms with van der Waals surface area (Å²) in [4.78, 5) is 12.2. The zero-order chi connectivity index (χ0) is 17.2. The van der Waals surface area contributed by atoms with E-state index in [0.717, 1.165) is 5.56 Å². The topological polar surface area (TPSA) is 66.5 Å². The number of rotatable bonds is 4. The van der Waals surface area contributed by atoms with E-state index in [1.165, 1.54) is 4.31 Å². The molecule has 1 heterocycles. The Bertz CT molecular complexity index is 850. The molecule has 5 nitrogen and oxygen atoms in total. The van der Waals surface area contributed by atoms with Gasteiger partial charge in [0.15, 0.2) is 0 Å². The second kappa shape index (κ2) is 6.83. The number of hydrogen-bond donors (Lipinski definition) is 1. The Morgan fingerprint density at radius 2 is 1.83 bits per heavy atom. The van der Waals surface area contributed by atoms with E-state index in [-0.39, 0.29) is 11.7 Å². The zero-order valence-corrected chi connectivity index (χ0v) is 14.5. The summed E-state index contributed by atoms with van der Waals surface area (Å²) in [6.07, 6.45) is 0.627. The maximum Gasteiger partial charge on any atom is 0.251 e. The van der Waals surface area contributed by atoms with Crippen molar-refractivity contribution in [2.75, 3.05) is 16.6 Å². The normalized spacial score (nSPS) is 16.1. The summed E-state index contributed by atoms with van der Waals surface area (Å²) in [7, 11) is -3.21. The van der Waals surface area contributed by atoms with E-state index in [2.05, 4.69) is 5.32 Å². The van der Waals surface area contributed by atoms with Gasteiger partial charge in [-0.15, -0.1) is 0 Å². The van der Waals surface area contributed by atoms with Gasteiger partial charge in [0.2, 0.25) is 10.0 Å². The zero-order valence-electron chi connectivity index (χ0n) is 12.9. The average molecular weight is 365 g/mol. The Kier molecular flexibility index (Phi) is 4.78. The van der Waals surface area contributed by atoms with Crippen LogP contribution in [-0.4, -0.2) is 26.6 Å². The van der Waals surface area contributed by atoms with Gasteiger partial charge in [-0.1, -0.05) is 29.8 Å². The summed E-state index contributed by atoms with van der Waals surface area (Å²) in [6, 6.07) is 13.9. The molecule has 0 spiro atoms. The van der Waals surface area contributed by atoms with Gasteiger partial charge >= 0.3 is 0 Å². The maximum absolute atomic E-state index is 12.2. The number of nitrogens with zero attached hydrogens (tertiary/aromatic N) is 1. The van der Waals surface area contributed by atoms with Gasteiger partial charge in [0, 0.05) is 23.7 Å². The van der Waals surface area contributed by atoms with Crippen LogP contribution in [0, 0.1) is 0 Å². The molecule has 0 unspecified atom stereocenters. The van der Waals surface area contributed by atoms with Crippen LogP contribution >= 0.6 is 11.6 Å². The lowest BCUT2D eigenvalue weighted by atomic mass is 10.1. The monoisotopic (exact) mass is 364 g/mol. The Morgan fingerprint density at radius 1 is 1.12 bits per heavy atom. The van der Waals surface area contributed by atoms with Crippen LogP contribution in [-0.2, 0) is 16.6 Å². The number of benzene rings is 2. The standard InChI is InChI=1S/C17H17ClN2O3S/c18-16-5-2-1-4-14(16)12-19-17(21)13-6-8-15(9-7-13)20-10-3-11-24(20,22)23/h1-2,4-9H,3,10-12H2,(H,19,21). The maximum atomic E-state index is 12.2. The van der Waals surface area contributed by atoms with Crippen molar-refractivity contribution in [3.63, 3.8) is 0 Å². The molecule has 1 aliphatic heterocycles. The molecule has 2 aromatic carbocycles. The minimum atomic E-state index is -3.21. The lowest BCUT2D eigenvalue weighted by molar-refractivity contribution is 0.0951. The molecule has 0 atom stereocenters. The van der Waals surface area contributed by atoms with Crippen molar-refractivity contribution in [1.29, 1.82) is 0 Å². The van der Waals surface area contributed by atoms with Gasteiger partial charge in [0.1, 0.15) is 0 Å². The number of hydrogen-bond acceptors (Lipinski definition) is 3. The fourth-order valence-corrected chi connectivity index (χ4v) is 4.39. The predicted molar refractivity (Wildman–Crippen MR) is 94.8 cm³/mol. The highest BCUT2D eigenvalue weighted by Gasteiger charge is 2.28. The van der Waals surface area contributed by atoms with Crippen molar-refractivity contribution < 1.29 is 13.2 Å². The summed E-state index contributed by atoms with van der Waals surface area (Å²) in [6.45, 7) is 0.821. The van der Waals surface area contributed by atoms with Gasteiger partial charge in [-0.05, 0) is 42.3 Å². The van der Waals surface area contributed by atoms with Gasteiger partial charge in [-0.3, -0.25) is 9.10 Å². The Morgan fingerprint density at radius 3 is 2.46 bits per heavy atom. The number of nitrogens with one attached hydrogen (secondary N) is 1. The van der Waals surface area contributed by atoms with Crippen molar-refractivity contribution in [1.82, 2.24) is 5.32 Å². The number of anilines is 1. The van der Waals surface area contributed by atoms with E-state index in [1.54, 1.807) is 30.3 Å². The first kappa shape index (κ1) is 16.8. The number of halogens is 1. The number of carbonyl (C=O) groups excluding carboxylic acids is 1. The second-order valence-corrected chi connectivity index (χ2v) is 7.98. The van der Waals surface area contributed by atoms with Gasteiger partial charge in [0.05, 0.1) is 11.4 Å². The first-order valence-corrected chi connectivity index (χ1v) is 9.58. The fourth-order valence-electron chi connectivity index (χ4n) is 2.63. The summed E-state index contributed by atoms with van der Waals surface area (Å²) in [5, 5.41) is 3.41. The third kappa shape index (κ3) is 3.55. The quantitative estimate of drug-likeness (QED) is 0.907. The molecule has 2 aromatic rings. The van der Waals surface area contributed by atoms with E-state index in [1.807, 2.05) is 18.2 Å². The molecule has 0 bridgehead atoms. The summed E-state index contributed by atoms with van der Waals surface area (Å²) in [5.74, 6) is -0.0571. The molecule has 0 aromatic heterocycles. The van der Waals surface area contributed by atoms with Crippen molar-refractivity contribution in [3.05, 3.63) is 64.7 Å². The van der Waals surface area contributed by atoms with Gasteiger partial charge in [0.25, 0.3) is 5.91 Å². The summed E-state index contributed by atoms with van der Waals surface area (Å²) < 4.78 is 25.2. The van der Waals surface area contributed by atoms with Crippen LogP contribution in [0.1, 0.15) is 22.3 Å². The molecule has 0 saturated carbocycles. The van der Waals surface area contributed by atoms with Crippen molar-refractivity contribution >= 4 is 33.2 Å². The Balaban J connectivity index is 1.67. The van der Waals surface area contributed by atoms with Gasteiger partial charge in [-0.2, -0.15) is 0 Å². The minimum Gasteiger partial charge on any atom is -0.348 e. The lowest BCUT2D eigenvalue weighted by Crippen LogP contribution is -2.25. The molecule has 0 aliphatic carbocycles. The van der Waals surface area contributed by atoms with Gasteiger partial charge in [-0.25, -0.2) is 8.42 Å². The first-order chi connectivity index (χ1) is 11.5. The Labute approximate surface area is 146 Å². The van der Waals surface area contributed by atoms with E-state index < -0.39 is 10.0 Å². The van der Waals surface area contributed by atoms with E-state index in [4.69, 9.17) is 11.6 Å². The van der Waals surface area contributed by atoms with Crippen molar-refractivity contribution in [3.8, 4) is 0 Å². The molecule has 1 fully saturated rings. The van der Waals surface area contributed by atoms with Crippen LogP contribution < -0.4 is 9.62 Å². The third-order valence-corrected chi connectivity index (χ3v) is 6.15. The predicted octanol–water partition coefficient (Wildman–Crippen LogP) is 2.81. The highest BCUT2D eigenvalue weighted by atomic mass is 35.5. The van der Waals surface area contributed by atoms with Crippen LogP contribution in [0.2, 0.25) is 5.02 Å². The van der Waals surface area contributed by atoms with Gasteiger partial charge < -0.3 is 5.32 Å². The molecule has 1 amide bonds.